The first-order chi connectivity index (χ1) is 6.03. The van der Waals surface area contributed by atoms with Crippen molar-refractivity contribution in [2.24, 2.45) is 0 Å². The maximum absolute atomic E-state index is 10.9. The van der Waals surface area contributed by atoms with E-state index in [4.69, 9.17) is 14.2 Å². The third-order valence-electron chi connectivity index (χ3n) is 1.34. The Bertz CT molecular complexity index is 331. The van der Waals surface area contributed by atoms with Gasteiger partial charge in [-0.15, -0.1) is 0 Å². The first-order valence-electron chi connectivity index (χ1n) is 3.66. The molecule has 0 heterocycles. The fourth-order valence-corrected chi connectivity index (χ4v) is 1.39. The molecule has 0 spiro atoms. The summed E-state index contributed by atoms with van der Waals surface area (Å²) >= 11 is 0. The molecule has 0 radical (unpaired) electrons. The minimum Gasteiger partial charge on any atom is -0.493 e. The molecule has 0 amide bonds. The predicted molar refractivity (Wildman–Crippen MR) is 49.4 cm³/mol. The summed E-state index contributed by atoms with van der Waals surface area (Å²) in [6, 6.07) is 6.69. The van der Waals surface area contributed by atoms with Gasteiger partial charge < -0.3 is 14.2 Å². The van der Waals surface area contributed by atoms with Crippen molar-refractivity contribution in [3.05, 3.63) is 24.3 Å². The molecule has 0 saturated carbocycles. The minimum absolute atomic E-state index is 0.276. The Hall–Kier alpha value is -0.990. The van der Waals surface area contributed by atoms with Crippen LogP contribution in [0.25, 0.3) is 0 Å². The topological polar surface area (TPSA) is 55.8 Å². The Balaban J connectivity index is 2.94. The lowest BCUT2D eigenvalue weighted by Gasteiger charge is -2.11. The molecule has 0 aliphatic heterocycles. The van der Waals surface area contributed by atoms with Gasteiger partial charge in [0, 0.05) is 6.66 Å². The van der Waals surface area contributed by atoms with Crippen LogP contribution < -0.4 is 9.26 Å². The summed E-state index contributed by atoms with van der Waals surface area (Å²) in [5.41, 5.74) is 0. The summed E-state index contributed by atoms with van der Waals surface area (Å²) < 4.78 is 20.7. The van der Waals surface area contributed by atoms with Gasteiger partial charge in [-0.25, -0.2) is 4.57 Å². The number of ether oxygens (including phenoxy) is 1. The lowest BCUT2D eigenvalue weighted by atomic mass is 10.3. The second kappa shape index (κ2) is 3.81. The van der Waals surface area contributed by atoms with Crippen LogP contribution in [0.1, 0.15) is 0 Å². The molecule has 13 heavy (non-hydrogen) atoms. The first kappa shape index (κ1) is 10.1. The van der Waals surface area contributed by atoms with Gasteiger partial charge in [-0.2, -0.15) is 0 Å². The number of hydrogen-bond donors (Lipinski definition) is 1. The highest BCUT2D eigenvalue weighted by molar-refractivity contribution is 7.52. The summed E-state index contributed by atoms with van der Waals surface area (Å²) in [5, 5.41) is 0. The van der Waals surface area contributed by atoms with E-state index in [9.17, 15) is 4.57 Å². The van der Waals surface area contributed by atoms with E-state index in [2.05, 4.69) is 0 Å². The number of methoxy groups -OCH3 is 1. The van der Waals surface area contributed by atoms with Crippen LogP contribution in [0.5, 0.6) is 11.5 Å². The van der Waals surface area contributed by atoms with Crippen LogP contribution in [0.2, 0.25) is 0 Å². The average Bonchev–Trinajstić information content (AvgIpc) is 2.02. The molecule has 0 bridgehead atoms. The van der Waals surface area contributed by atoms with Gasteiger partial charge in [0.2, 0.25) is 0 Å². The van der Waals surface area contributed by atoms with Crippen LogP contribution in [0.4, 0.5) is 0 Å². The highest BCUT2D eigenvalue weighted by atomic mass is 31.2. The number of hydrogen-bond acceptors (Lipinski definition) is 3. The highest BCUT2D eigenvalue weighted by Gasteiger charge is 2.14. The average molecular weight is 202 g/mol. The molecule has 1 unspecified atom stereocenters. The minimum atomic E-state index is -3.51. The van der Waals surface area contributed by atoms with Crippen molar-refractivity contribution < 1.29 is 18.7 Å². The molecule has 1 aromatic rings. The summed E-state index contributed by atoms with van der Waals surface area (Å²) in [5.74, 6) is 0.719. The van der Waals surface area contributed by atoms with Crippen LogP contribution in [-0.2, 0) is 4.57 Å². The smallest absolute Gasteiger partial charge is 0.373 e. The molecule has 5 heteroatoms. The number of benzene rings is 1. The Morgan fingerprint density at radius 3 is 2.31 bits per heavy atom. The van der Waals surface area contributed by atoms with Crippen LogP contribution in [-0.4, -0.2) is 18.7 Å². The zero-order valence-electron chi connectivity index (χ0n) is 7.43. The highest BCUT2D eigenvalue weighted by Crippen LogP contribution is 2.41. The van der Waals surface area contributed by atoms with Gasteiger partial charge in [-0.3, -0.25) is 0 Å². The van der Waals surface area contributed by atoms with Crippen molar-refractivity contribution in [3.63, 3.8) is 0 Å². The molecule has 0 aliphatic carbocycles. The molecule has 0 aromatic heterocycles. The van der Waals surface area contributed by atoms with E-state index >= 15 is 0 Å². The van der Waals surface area contributed by atoms with Gasteiger partial charge in [-0.05, 0) is 12.1 Å². The Kier molecular flexibility index (Phi) is 2.96. The first-order valence-corrected chi connectivity index (χ1v) is 5.68. The largest absolute Gasteiger partial charge is 0.493 e. The quantitative estimate of drug-likeness (QED) is 0.760. The van der Waals surface area contributed by atoms with E-state index in [1.807, 2.05) is 0 Å². The fourth-order valence-electron chi connectivity index (χ4n) is 0.877. The van der Waals surface area contributed by atoms with E-state index in [1.54, 1.807) is 24.3 Å². The molecular formula is C8H11O4P. The van der Waals surface area contributed by atoms with Crippen molar-refractivity contribution >= 4 is 7.60 Å². The lowest BCUT2D eigenvalue weighted by molar-refractivity contribution is 0.360. The SMILES string of the molecule is COc1ccccc1OP(C)(=O)O. The van der Waals surface area contributed by atoms with Gasteiger partial charge in [0.15, 0.2) is 11.5 Å². The van der Waals surface area contributed by atoms with Gasteiger partial charge in [-0.1, -0.05) is 12.1 Å². The van der Waals surface area contributed by atoms with Gasteiger partial charge in [0.25, 0.3) is 0 Å². The second-order valence-corrected chi connectivity index (χ2v) is 4.33. The number of rotatable bonds is 3. The Morgan fingerprint density at radius 2 is 1.85 bits per heavy atom. The van der Waals surface area contributed by atoms with E-state index in [0.717, 1.165) is 6.66 Å². The lowest BCUT2D eigenvalue weighted by Crippen LogP contribution is -1.92. The van der Waals surface area contributed by atoms with Crippen LogP contribution in [0.15, 0.2) is 24.3 Å². The summed E-state index contributed by atoms with van der Waals surface area (Å²) in [6.45, 7) is 1.12. The predicted octanol–water partition coefficient (Wildman–Crippen LogP) is 1.89. The van der Waals surface area contributed by atoms with Crippen molar-refractivity contribution in [1.82, 2.24) is 0 Å². The molecule has 0 fully saturated rings. The number of para-hydroxylation sites is 2. The summed E-state index contributed by atoms with van der Waals surface area (Å²) in [6.07, 6.45) is 0. The van der Waals surface area contributed by atoms with Crippen molar-refractivity contribution in [2.75, 3.05) is 13.8 Å². The molecule has 1 aromatic carbocycles. The maximum Gasteiger partial charge on any atom is 0.373 e. The normalized spacial score (nSPS) is 14.7. The Labute approximate surface area is 76.6 Å². The molecule has 0 aliphatic rings. The van der Waals surface area contributed by atoms with Gasteiger partial charge >= 0.3 is 7.60 Å². The van der Waals surface area contributed by atoms with E-state index in [1.165, 1.54) is 7.11 Å². The third-order valence-corrected chi connectivity index (χ3v) is 1.87. The molecular weight excluding hydrogens is 191 g/mol. The summed E-state index contributed by atoms with van der Waals surface area (Å²) in [7, 11) is -2.04. The van der Waals surface area contributed by atoms with Crippen LogP contribution >= 0.6 is 7.60 Å². The zero-order valence-corrected chi connectivity index (χ0v) is 8.32. The van der Waals surface area contributed by atoms with E-state index in [-0.39, 0.29) is 5.75 Å². The van der Waals surface area contributed by atoms with E-state index < -0.39 is 7.60 Å². The van der Waals surface area contributed by atoms with Crippen molar-refractivity contribution in [1.29, 1.82) is 0 Å². The van der Waals surface area contributed by atoms with E-state index in [0.29, 0.717) is 5.75 Å². The zero-order chi connectivity index (χ0) is 9.90. The molecule has 0 saturated heterocycles. The van der Waals surface area contributed by atoms with Gasteiger partial charge in [0.1, 0.15) is 0 Å². The van der Waals surface area contributed by atoms with Crippen LogP contribution in [0, 0.1) is 0 Å². The van der Waals surface area contributed by atoms with Crippen molar-refractivity contribution in [3.8, 4) is 11.5 Å². The molecule has 1 rings (SSSR count). The monoisotopic (exact) mass is 202 g/mol. The maximum atomic E-state index is 10.9. The standard InChI is InChI=1S/C8H11O4P/c1-11-7-5-3-4-6-8(7)12-13(2,9)10/h3-6H,1-2H3,(H,9,10). The second-order valence-electron chi connectivity index (χ2n) is 2.55. The molecule has 1 atom stereocenters. The molecule has 4 nitrogen and oxygen atoms in total. The molecule has 72 valence electrons. The van der Waals surface area contributed by atoms with Crippen LogP contribution in [0.3, 0.4) is 0 Å². The Morgan fingerprint density at radius 1 is 1.31 bits per heavy atom. The fraction of sp³-hybridized carbons (Fsp3) is 0.250. The third kappa shape index (κ3) is 3.09. The summed E-state index contributed by atoms with van der Waals surface area (Å²) in [4.78, 5) is 8.97. The molecule has 1 N–H and O–H groups in total. The van der Waals surface area contributed by atoms with Gasteiger partial charge in [0.05, 0.1) is 7.11 Å². The van der Waals surface area contributed by atoms with Crippen molar-refractivity contribution in [2.45, 2.75) is 0 Å².